The van der Waals surface area contributed by atoms with E-state index in [1.54, 1.807) is 38.4 Å². The smallest absolute Gasteiger partial charge is 0.341 e. The van der Waals surface area contributed by atoms with Gasteiger partial charge in [-0.1, -0.05) is 12.1 Å². The molecule has 0 aliphatic rings. The average Bonchev–Trinajstić information content (AvgIpc) is 3.14. The summed E-state index contributed by atoms with van der Waals surface area (Å²) in [4.78, 5) is 17.3. The van der Waals surface area contributed by atoms with Crippen LogP contribution in [0, 0.1) is 12.7 Å². The van der Waals surface area contributed by atoms with Gasteiger partial charge in [0.25, 0.3) is 0 Å². The van der Waals surface area contributed by atoms with Gasteiger partial charge < -0.3 is 4.74 Å². The number of ether oxygens (including phenoxy) is 1. The predicted octanol–water partition coefficient (Wildman–Crippen LogP) is 3.91. The van der Waals surface area contributed by atoms with Gasteiger partial charge in [-0.3, -0.25) is 4.68 Å². The maximum Gasteiger partial charge on any atom is 0.341 e. The lowest BCUT2D eigenvalue weighted by Gasteiger charge is -2.11. The second-order valence-corrected chi connectivity index (χ2v) is 6.43. The lowest BCUT2D eigenvalue weighted by Crippen LogP contribution is -2.08. The van der Waals surface area contributed by atoms with Crippen molar-refractivity contribution < 1.29 is 13.9 Å². The van der Waals surface area contributed by atoms with Crippen LogP contribution >= 0.6 is 11.3 Å². The van der Waals surface area contributed by atoms with Gasteiger partial charge in [0.1, 0.15) is 16.9 Å². The summed E-state index contributed by atoms with van der Waals surface area (Å²) in [5.41, 5.74) is 1.56. The number of hydrogen-bond donors (Lipinski definition) is 0. The molecule has 5 nitrogen and oxygen atoms in total. The van der Waals surface area contributed by atoms with Crippen LogP contribution in [-0.4, -0.2) is 20.7 Å². The molecule has 0 saturated carbocycles. The van der Waals surface area contributed by atoms with E-state index >= 15 is 0 Å². The Morgan fingerprint density at radius 3 is 2.79 bits per heavy atom. The Labute approximate surface area is 142 Å². The summed E-state index contributed by atoms with van der Waals surface area (Å²) in [6.07, 6.45) is 2.58. The van der Waals surface area contributed by atoms with Crippen LogP contribution in [0.4, 0.5) is 4.39 Å². The number of carbonyl (C=O) groups is 1. The summed E-state index contributed by atoms with van der Waals surface area (Å²) in [5.74, 6) is -0.770. The average molecular weight is 345 g/mol. The largest absolute Gasteiger partial charge is 0.453 e. The summed E-state index contributed by atoms with van der Waals surface area (Å²) in [6.45, 7) is 3.60. The first-order chi connectivity index (χ1) is 11.5. The molecule has 3 rings (SSSR count). The number of aryl methyl sites for hydroxylation is 2. The summed E-state index contributed by atoms with van der Waals surface area (Å²) in [7, 11) is 1.73. The molecule has 7 heteroatoms. The molecular weight excluding hydrogens is 329 g/mol. The van der Waals surface area contributed by atoms with Crippen molar-refractivity contribution in [1.82, 2.24) is 14.8 Å². The van der Waals surface area contributed by atoms with E-state index in [1.807, 2.05) is 6.92 Å². The van der Waals surface area contributed by atoms with E-state index in [9.17, 15) is 9.18 Å². The molecule has 0 aliphatic heterocycles. The topological polar surface area (TPSA) is 57.0 Å². The first-order valence-corrected chi connectivity index (χ1v) is 8.19. The molecule has 0 bridgehead atoms. The zero-order valence-corrected chi connectivity index (χ0v) is 14.3. The Morgan fingerprint density at radius 2 is 2.12 bits per heavy atom. The molecule has 1 unspecified atom stereocenters. The van der Waals surface area contributed by atoms with Crippen molar-refractivity contribution in [1.29, 1.82) is 0 Å². The predicted molar refractivity (Wildman–Crippen MR) is 89.3 cm³/mol. The fraction of sp³-hybridized carbons (Fsp3) is 0.235. The molecule has 0 radical (unpaired) electrons. The monoisotopic (exact) mass is 345 g/mol. The molecule has 0 aliphatic carbocycles. The third-order valence-corrected chi connectivity index (χ3v) is 4.88. The summed E-state index contributed by atoms with van der Waals surface area (Å²) in [6, 6.07) is 6.49. The van der Waals surface area contributed by atoms with E-state index in [0.29, 0.717) is 16.1 Å². The van der Waals surface area contributed by atoms with Crippen LogP contribution in [0.2, 0.25) is 0 Å². The molecule has 0 amide bonds. The van der Waals surface area contributed by atoms with Gasteiger partial charge in [-0.25, -0.2) is 14.2 Å². The number of esters is 1. The SMILES string of the molecule is Cc1nc(-c2ccccc2F)sc1C(C)OC(=O)c1cnn(C)c1. The first-order valence-electron chi connectivity index (χ1n) is 7.37. The van der Waals surface area contributed by atoms with Crippen molar-refractivity contribution in [2.45, 2.75) is 20.0 Å². The van der Waals surface area contributed by atoms with Crippen LogP contribution in [0.1, 0.15) is 34.0 Å². The second-order valence-electron chi connectivity index (χ2n) is 5.40. The highest BCUT2D eigenvalue weighted by atomic mass is 32.1. The molecule has 0 fully saturated rings. The molecule has 124 valence electrons. The molecule has 1 atom stereocenters. The van der Waals surface area contributed by atoms with Crippen LogP contribution in [0.5, 0.6) is 0 Å². The van der Waals surface area contributed by atoms with Crippen molar-refractivity contribution >= 4 is 17.3 Å². The maximum absolute atomic E-state index is 13.9. The molecular formula is C17H16FN3O2S. The number of halogens is 1. The van der Waals surface area contributed by atoms with E-state index in [-0.39, 0.29) is 5.82 Å². The molecule has 2 aromatic heterocycles. The van der Waals surface area contributed by atoms with Gasteiger partial charge in [0.2, 0.25) is 0 Å². The van der Waals surface area contributed by atoms with Crippen LogP contribution in [0.15, 0.2) is 36.7 Å². The number of carbonyl (C=O) groups excluding carboxylic acids is 1. The Balaban J connectivity index is 1.82. The Bertz CT molecular complexity index is 888. The zero-order chi connectivity index (χ0) is 17.3. The third-order valence-electron chi connectivity index (χ3n) is 3.53. The van der Waals surface area contributed by atoms with Crippen LogP contribution in [-0.2, 0) is 11.8 Å². The van der Waals surface area contributed by atoms with Crippen LogP contribution in [0.3, 0.4) is 0 Å². The molecule has 3 aromatic rings. The van der Waals surface area contributed by atoms with Crippen LogP contribution < -0.4 is 0 Å². The quantitative estimate of drug-likeness (QED) is 0.673. The molecule has 0 N–H and O–H groups in total. The number of aromatic nitrogens is 3. The number of thiazole rings is 1. The fourth-order valence-corrected chi connectivity index (χ4v) is 3.42. The van der Waals surface area contributed by atoms with Gasteiger partial charge >= 0.3 is 5.97 Å². The third kappa shape index (κ3) is 3.21. The fourth-order valence-electron chi connectivity index (χ4n) is 2.34. The second kappa shape index (κ2) is 6.52. The summed E-state index contributed by atoms with van der Waals surface area (Å²) >= 11 is 1.33. The van der Waals surface area contributed by atoms with Gasteiger partial charge in [-0.05, 0) is 26.0 Å². The van der Waals surface area contributed by atoms with Crippen molar-refractivity contribution in [3.8, 4) is 10.6 Å². The standard InChI is InChI=1S/C17H16FN3O2S/c1-10-15(11(2)23-17(22)12-8-19-21(3)9-12)24-16(20-10)13-6-4-5-7-14(13)18/h4-9,11H,1-3H3. The number of hydrogen-bond acceptors (Lipinski definition) is 5. The molecule has 0 spiro atoms. The van der Waals surface area contributed by atoms with Gasteiger partial charge in [-0.15, -0.1) is 11.3 Å². The van der Waals surface area contributed by atoms with Gasteiger partial charge in [0.05, 0.1) is 22.3 Å². The van der Waals surface area contributed by atoms with Crippen molar-refractivity contribution in [3.05, 3.63) is 58.6 Å². The van der Waals surface area contributed by atoms with E-state index in [0.717, 1.165) is 10.6 Å². The molecule has 1 aromatic carbocycles. The molecule has 24 heavy (non-hydrogen) atoms. The normalized spacial score (nSPS) is 12.2. The highest BCUT2D eigenvalue weighted by Gasteiger charge is 2.21. The Kier molecular flexibility index (Phi) is 4.44. The van der Waals surface area contributed by atoms with Crippen molar-refractivity contribution in [3.63, 3.8) is 0 Å². The summed E-state index contributed by atoms with van der Waals surface area (Å²) in [5, 5.41) is 4.53. The van der Waals surface area contributed by atoms with Crippen molar-refractivity contribution in [2.24, 2.45) is 7.05 Å². The zero-order valence-electron chi connectivity index (χ0n) is 13.5. The lowest BCUT2D eigenvalue weighted by atomic mass is 10.2. The number of benzene rings is 1. The van der Waals surface area contributed by atoms with Crippen molar-refractivity contribution in [2.75, 3.05) is 0 Å². The highest BCUT2D eigenvalue weighted by Crippen LogP contribution is 2.34. The van der Waals surface area contributed by atoms with E-state index in [1.165, 1.54) is 28.3 Å². The van der Waals surface area contributed by atoms with E-state index < -0.39 is 12.1 Å². The lowest BCUT2D eigenvalue weighted by molar-refractivity contribution is 0.0343. The molecule has 0 saturated heterocycles. The highest BCUT2D eigenvalue weighted by molar-refractivity contribution is 7.15. The first kappa shape index (κ1) is 16.3. The van der Waals surface area contributed by atoms with E-state index in [2.05, 4.69) is 10.1 Å². The minimum atomic E-state index is -0.476. The number of nitrogens with zero attached hydrogens (tertiary/aromatic N) is 3. The van der Waals surface area contributed by atoms with Gasteiger partial charge in [0, 0.05) is 18.8 Å². The summed E-state index contributed by atoms with van der Waals surface area (Å²) < 4.78 is 20.9. The van der Waals surface area contributed by atoms with Gasteiger partial charge in [-0.2, -0.15) is 5.10 Å². The number of rotatable bonds is 4. The van der Waals surface area contributed by atoms with Crippen LogP contribution in [0.25, 0.3) is 10.6 Å². The minimum Gasteiger partial charge on any atom is -0.453 e. The maximum atomic E-state index is 13.9. The minimum absolute atomic E-state index is 0.321. The Morgan fingerprint density at radius 1 is 1.38 bits per heavy atom. The Hall–Kier alpha value is -2.54. The molecule has 2 heterocycles. The van der Waals surface area contributed by atoms with Gasteiger partial charge in [0.15, 0.2) is 0 Å². The van der Waals surface area contributed by atoms with E-state index in [4.69, 9.17) is 4.74 Å².